The summed E-state index contributed by atoms with van der Waals surface area (Å²) in [6.45, 7) is 3.79. The van der Waals surface area contributed by atoms with Crippen LogP contribution in [0.15, 0.2) is 30.3 Å². The van der Waals surface area contributed by atoms with Crippen LogP contribution in [0.1, 0.15) is 19.4 Å². The summed E-state index contributed by atoms with van der Waals surface area (Å²) in [5.74, 6) is 0. The maximum Gasteiger partial charge on any atom is 0.156 e. The summed E-state index contributed by atoms with van der Waals surface area (Å²) in [6.07, 6.45) is 0.741. The third-order valence-electron chi connectivity index (χ3n) is 3.21. The van der Waals surface area contributed by atoms with Gasteiger partial charge in [0.15, 0.2) is 5.60 Å². The Hall–Kier alpha value is -0.900. The van der Waals surface area contributed by atoms with Gasteiger partial charge in [-0.15, -0.1) is 0 Å². The largest absolute Gasteiger partial charge is 0.393 e. The molecule has 1 N–H and O–H groups in total. The second kappa shape index (κ2) is 3.59. The van der Waals surface area contributed by atoms with Gasteiger partial charge in [-0.3, -0.25) is 0 Å². The summed E-state index contributed by atoms with van der Waals surface area (Å²) in [6, 6.07) is 10.1. The maximum atomic E-state index is 9.25. The third kappa shape index (κ3) is 1.67. The third-order valence-corrected chi connectivity index (χ3v) is 3.21. The fourth-order valence-electron chi connectivity index (χ4n) is 1.72. The number of benzene rings is 1. The first-order valence-electron chi connectivity index (χ1n) is 5.11. The van der Waals surface area contributed by atoms with Gasteiger partial charge in [0.25, 0.3) is 0 Å². The number of rotatable bonds is 3. The Balaban J connectivity index is 2.13. The first-order chi connectivity index (χ1) is 7.10. The average Bonchev–Trinajstić information content (AvgIpc) is 2.28. The van der Waals surface area contributed by atoms with E-state index in [0.717, 1.165) is 6.42 Å². The fourth-order valence-corrected chi connectivity index (χ4v) is 1.72. The van der Waals surface area contributed by atoms with Gasteiger partial charge in [-0.05, 0) is 19.4 Å². The lowest BCUT2D eigenvalue weighted by Gasteiger charge is -2.52. The van der Waals surface area contributed by atoms with Crippen LogP contribution in [0.3, 0.4) is 0 Å². The summed E-state index contributed by atoms with van der Waals surface area (Å²) in [5.41, 5.74) is 0.148. The van der Waals surface area contributed by atoms with Crippen LogP contribution < -0.4 is 0 Å². The van der Waals surface area contributed by atoms with Gasteiger partial charge in [-0.2, -0.15) is 0 Å². The van der Waals surface area contributed by atoms with Crippen molar-refractivity contribution < 1.29 is 14.9 Å². The molecule has 15 heavy (non-hydrogen) atoms. The van der Waals surface area contributed by atoms with Crippen LogP contribution in [-0.4, -0.2) is 22.9 Å². The van der Waals surface area contributed by atoms with Gasteiger partial charge < -0.3 is 5.11 Å². The van der Waals surface area contributed by atoms with Crippen LogP contribution in [-0.2, 0) is 16.2 Å². The number of hydrogen-bond donors (Lipinski definition) is 1. The van der Waals surface area contributed by atoms with E-state index in [1.165, 1.54) is 5.56 Å². The van der Waals surface area contributed by atoms with Crippen molar-refractivity contribution in [1.29, 1.82) is 0 Å². The smallest absolute Gasteiger partial charge is 0.156 e. The highest BCUT2D eigenvalue weighted by atomic mass is 17.3. The first-order valence-corrected chi connectivity index (χ1v) is 5.11. The van der Waals surface area contributed by atoms with E-state index in [0.29, 0.717) is 0 Å². The van der Waals surface area contributed by atoms with E-state index >= 15 is 0 Å². The first kappa shape index (κ1) is 10.6. The zero-order valence-electron chi connectivity index (χ0n) is 9.06. The molecule has 1 aliphatic heterocycles. The molecule has 0 unspecified atom stereocenters. The molecule has 2 rings (SSSR count). The molecule has 1 aliphatic rings. The zero-order chi connectivity index (χ0) is 10.9. The highest BCUT2D eigenvalue weighted by Crippen LogP contribution is 2.42. The van der Waals surface area contributed by atoms with Crippen molar-refractivity contribution in [2.24, 2.45) is 0 Å². The SMILES string of the molecule is C[C@]1(Cc2ccccc2)OO[C@@]1(C)CO. The molecule has 2 atom stereocenters. The second-order valence-corrected chi connectivity index (χ2v) is 4.45. The molecule has 1 saturated heterocycles. The van der Waals surface area contributed by atoms with E-state index in [9.17, 15) is 5.11 Å². The summed E-state index contributed by atoms with van der Waals surface area (Å²) >= 11 is 0. The minimum atomic E-state index is -0.594. The van der Waals surface area contributed by atoms with Crippen molar-refractivity contribution in [3.05, 3.63) is 35.9 Å². The molecule has 1 fully saturated rings. The zero-order valence-corrected chi connectivity index (χ0v) is 9.06. The topological polar surface area (TPSA) is 38.7 Å². The molecular formula is C12H16O3. The van der Waals surface area contributed by atoms with Crippen molar-refractivity contribution in [3.63, 3.8) is 0 Å². The number of hydrogen-bond acceptors (Lipinski definition) is 3. The van der Waals surface area contributed by atoms with Crippen molar-refractivity contribution in [2.75, 3.05) is 6.61 Å². The predicted octanol–water partition coefficient (Wildman–Crippen LogP) is 1.70. The standard InChI is InChI=1S/C12H16O3/c1-11(12(2,9-13)15-14-11)8-10-6-4-3-5-7-10/h3-7,13H,8-9H2,1-2H3/t11-,12+/m1/s1. The van der Waals surface area contributed by atoms with Crippen LogP contribution in [0.2, 0.25) is 0 Å². The normalized spacial score (nSPS) is 34.9. The number of aliphatic hydroxyl groups excluding tert-OH is 1. The van der Waals surface area contributed by atoms with Gasteiger partial charge in [0.05, 0.1) is 6.61 Å². The Kier molecular flexibility index (Phi) is 2.54. The molecule has 1 heterocycles. The van der Waals surface area contributed by atoms with Crippen molar-refractivity contribution >= 4 is 0 Å². The molecule has 3 nitrogen and oxygen atoms in total. The van der Waals surface area contributed by atoms with Gasteiger partial charge in [0, 0.05) is 6.42 Å². The molecule has 0 radical (unpaired) electrons. The summed E-state index contributed by atoms with van der Waals surface area (Å²) < 4.78 is 0. The molecular weight excluding hydrogens is 192 g/mol. The van der Waals surface area contributed by atoms with Crippen molar-refractivity contribution in [3.8, 4) is 0 Å². The summed E-state index contributed by atoms with van der Waals surface area (Å²) in [7, 11) is 0. The van der Waals surface area contributed by atoms with E-state index in [4.69, 9.17) is 9.78 Å². The molecule has 0 amide bonds. The molecule has 0 bridgehead atoms. The van der Waals surface area contributed by atoms with E-state index < -0.39 is 11.2 Å². The quantitative estimate of drug-likeness (QED) is 0.768. The highest BCUT2D eigenvalue weighted by molar-refractivity contribution is 5.19. The van der Waals surface area contributed by atoms with E-state index in [1.54, 1.807) is 0 Å². The van der Waals surface area contributed by atoms with Crippen LogP contribution in [0.25, 0.3) is 0 Å². The molecule has 0 aromatic heterocycles. The Bertz CT molecular complexity index is 334. The van der Waals surface area contributed by atoms with Gasteiger partial charge in [-0.1, -0.05) is 30.3 Å². The van der Waals surface area contributed by atoms with Crippen LogP contribution in [0.5, 0.6) is 0 Å². The highest BCUT2D eigenvalue weighted by Gasteiger charge is 2.57. The Morgan fingerprint density at radius 3 is 2.13 bits per heavy atom. The molecule has 3 heteroatoms. The van der Waals surface area contributed by atoms with Crippen LogP contribution in [0, 0.1) is 0 Å². The van der Waals surface area contributed by atoms with Crippen LogP contribution in [0.4, 0.5) is 0 Å². The van der Waals surface area contributed by atoms with Crippen molar-refractivity contribution in [1.82, 2.24) is 0 Å². The second-order valence-electron chi connectivity index (χ2n) is 4.45. The van der Waals surface area contributed by atoms with Gasteiger partial charge in [-0.25, -0.2) is 9.78 Å². The molecule has 0 aliphatic carbocycles. The maximum absolute atomic E-state index is 9.25. The molecule has 0 spiro atoms. The average molecular weight is 208 g/mol. The van der Waals surface area contributed by atoms with Crippen LogP contribution >= 0.6 is 0 Å². The van der Waals surface area contributed by atoms with Crippen molar-refractivity contribution in [2.45, 2.75) is 31.5 Å². The lowest BCUT2D eigenvalue weighted by molar-refractivity contribution is -0.548. The summed E-state index contributed by atoms with van der Waals surface area (Å²) in [4.78, 5) is 10.2. The lowest BCUT2D eigenvalue weighted by atomic mass is 9.80. The monoisotopic (exact) mass is 208 g/mol. The molecule has 1 aromatic carbocycles. The van der Waals surface area contributed by atoms with Gasteiger partial charge in [0.1, 0.15) is 5.60 Å². The minimum absolute atomic E-state index is 0.0314. The Morgan fingerprint density at radius 1 is 1.07 bits per heavy atom. The fraction of sp³-hybridized carbons (Fsp3) is 0.500. The minimum Gasteiger partial charge on any atom is -0.393 e. The van der Waals surface area contributed by atoms with E-state index in [2.05, 4.69) is 0 Å². The van der Waals surface area contributed by atoms with Gasteiger partial charge >= 0.3 is 0 Å². The lowest BCUT2D eigenvalue weighted by Crippen LogP contribution is -2.66. The molecule has 1 aromatic rings. The Morgan fingerprint density at radius 2 is 1.67 bits per heavy atom. The molecule has 0 saturated carbocycles. The predicted molar refractivity (Wildman–Crippen MR) is 56.2 cm³/mol. The van der Waals surface area contributed by atoms with E-state index in [-0.39, 0.29) is 6.61 Å². The number of aliphatic hydroxyl groups is 1. The summed E-state index contributed by atoms with van der Waals surface area (Å²) in [5, 5.41) is 9.25. The Labute approximate surface area is 89.6 Å². The molecule has 82 valence electrons. The van der Waals surface area contributed by atoms with Gasteiger partial charge in [0.2, 0.25) is 0 Å². The van der Waals surface area contributed by atoms with E-state index in [1.807, 2.05) is 44.2 Å².